The molecule has 1 aromatic heterocycles. The van der Waals surface area contributed by atoms with Crippen molar-refractivity contribution in [1.82, 2.24) is 9.97 Å². The second-order valence-electron chi connectivity index (χ2n) is 3.88. The smallest absolute Gasteiger partial charge is 0.224 e. The maximum atomic E-state index is 13.2. The minimum Gasteiger partial charge on any atom is -0.354 e. The summed E-state index contributed by atoms with van der Waals surface area (Å²) in [5.41, 5.74) is 1.66. The van der Waals surface area contributed by atoms with Gasteiger partial charge < -0.3 is 10.6 Å². The zero-order valence-electron chi connectivity index (χ0n) is 10.4. The summed E-state index contributed by atoms with van der Waals surface area (Å²) in [5.74, 6) is 0.912. The van der Waals surface area contributed by atoms with Gasteiger partial charge in [0.15, 0.2) is 0 Å². The first kappa shape index (κ1) is 12.3. The molecule has 0 saturated heterocycles. The van der Waals surface area contributed by atoms with Gasteiger partial charge in [0, 0.05) is 18.4 Å². The molecule has 0 saturated carbocycles. The number of aromatic nitrogens is 2. The van der Waals surface area contributed by atoms with Gasteiger partial charge in [-0.05, 0) is 37.6 Å². The zero-order chi connectivity index (χ0) is 13.0. The first-order valence-electron chi connectivity index (χ1n) is 5.79. The molecule has 0 spiro atoms. The summed E-state index contributed by atoms with van der Waals surface area (Å²) < 4.78 is 13.2. The molecule has 5 heteroatoms. The van der Waals surface area contributed by atoms with Crippen LogP contribution in [-0.2, 0) is 0 Å². The summed E-state index contributed by atoms with van der Waals surface area (Å²) in [7, 11) is 0. The Bertz CT molecular complexity index is 542. The van der Waals surface area contributed by atoms with Crippen LogP contribution in [0.5, 0.6) is 0 Å². The van der Waals surface area contributed by atoms with E-state index in [4.69, 9.17) is 0 Å². The second kappa shape index (κ2) is 5.44. The summed E-state index contributed by atoms with van der Waals surface area (Å²) in [6.07, 6.45) is 1.65. The molecule has 18 heavy (non-hydrogen) atoms. The minimum atomic E-state index is -0.274. The van der Waals surface area contributed by atoms with Crippen LogP contribution < -0.4 is 10.6 Å². The van der Waals surface area contributed by atoms with E-state index in [-0.39, 0.29) is 5.82 Å². The van der Waals surface area contributed by atoms with E-state index in [9.17, 15) is 4.39 Å². The van der Waals surface area contributed by atoms with E-state index in [1.54, 1.807) is 18.3 Å². The predicted octanol–water partition coefficient (Wildman–Crippen LogP) is 3.10. The fourth-order valence-electron chi connectivity index (χ4n) is 1.54. The number of nitrogens with zero attached hydrogens (tertiary/aromatic N) is 2. The molecule has 0 radical (unpaired) electrons. The number of rotatable bonds is 4. The van der Waals surface area contributed by atoms with Crippen molar-refractivity contribution < 1.29 is 4.39 Å². The van der Waals surface area contributed by atoms with E-state index in [2.05, 4.69) is 20.6 Å². The largest absolute Gasteiger partial charge is 0.354 e. The molecule has 2 aromatic rings. The summed E-state index contributed by atoms with van der Waals surface area (Å²) in [6.45, 7) is 4.64. The molecule has 1 heterocycles. The van der Waals surface area contributed by atoms with E-state index in [0.29, 0.717) is 17.5 Å². The molecule has 0 aliphatic rings. The first-order valence-corrected chi connectivity index (χ1v) is 5.79. The van der Waals surface area contributed by atoms with E-state index in [1.807, 2.05) is 13.8 Å². The average molecular weight is 246 g/mol. The molecule has 2 N–H and O–H groups in total. The quantitative estimate of drug-likeness (QED) is 0.870. The Kier molecular flexibility index (Phi) is 3.72. The van der Waals surface area contributed by atoms with Gasteiger partial charge in [-0.1, -0.05) is 6.07 Å². The van der Waals surface area contributed by atoms with Crippen LogP contribution in [0.25, 0.3) is 0 Å². The standard InChI is InChI=1S/C13H15FN4/c1-3-15-13-16-7-6-12(18-13)17-11-8-10(14)5-4-9(11)2/h4-8H,3H2,1-2H3,(H2,15,16,17,18). The summed E-state index contributed by atoms with van der Waals surface area (Å²) in [6, 6.07) is 6.35. The number of nitrogens with one attached hydrogen (secondary N) is 2. The van der Waals surface area contributed by atoms with Gasteiger partial charge in [0.1, 0.15) is 11.6 Å². The third-order valence-corrected chi connectivity index (χ3v) is 2.45. The fraction of sp³-hybridized carbons (Fsp3) is 0.231. The van der Waals surface area contributed by atoms with Crippen molar-refractivity contribution in [2.75, 3.05) is 17.2 Å². The lowest BCUT2D eigenvalue weighted by Crippen LogP contribution is -2.04. The van der Waals surface area contributed by atoms with Crippen LogP contribution in [-0.4, -0.2) is 16.5 Å². The Balaban J connectivity index is 2.22. The molecule has 2 rings (SSSR count). The molecule has 0 amide bonds. The van der Waals surface area contributed by atoms with Crippen LogP contribution in [0.2, 0.25) is 0 Å². The molecule has 0 aliphatic heterocycles. The minimum absolute atomic E-state index is 0.274. The van der Waals surface area contributed by atoms with Crippen molar-refractivity contribution in [3.63, 3.8) is 0 Å². The lowest BCUT2D eigenvalue weighted by molar-refractivity contribution is 0.628. The Morgan fingerprint density at radius 2 is 2.11 bits per heavy atom. The molecule has 1 aromatic carbocycles. The maximum absolute atomic E-state index is 13.2. The summed E-state index contributed by atoms with van der Waals surface area (Å²) in [4.78, 5) is 8.35. The van der Waals surface area contributed by atoms with Crippen LogP contribution in [0.1, 0.15) is 12.5 Å². The highest BCUT2D eigenvalue weighted by molar-refractivity contribution is 5.60. The van der Waals surface area contributed by atoms with Crippen LogP contribution in [0.4, 0.5) is 21.8 Å². The van der Waals surface area contributed by atoms with Crippen molar-refractivity contribution in [1.29, 1.82) is 0 Å². The first-order chi connectivity index (χ1) is 8.69. The van der Waals surface area contributed by atoms with Gasteiger partial charge in [-0.2, -0.15) is 4.98 Å². The topological polar surface area (TPSA) is 49.8 Å². The Hall–Kier alpha value is -2.17. The predicted molar refractivity (Wildman–Crippen MR) is 70.6 cm³/mol. The van der Waals surface area contributed by atoms with E-state index >= 15 is 0 Å². The maximum Gasteiger partial charge on any atom is 0.224 e. The lowest BCUT2D eigenvalue weighted by atomic mass is 10.2. The number of benzene rings is 1. The number of halogens is 1. The monoisotopic (exact) mass is 246 g/mol. The molecule has 0 atom stereocenters. The van der Waals surface area contributed by atoms with E-state index in [0.717, 1.165) is 12.1 Å². The SMILES string of the molecule is CCNc1nccc(Nc2cc(F)ccc2C)n1. The third kappa shape index (κ3) is 2.94. The number of hydrogen-bond donors (Lipinski definition) is 2. The molecule has 0 unspecified atom stereocenters. The number of hydrogen-bond acceptors (Lipinski definition) is 4. The average Bonchev–Trinajstić information content (AvgIpc) is 2.35. The van der Waals surface area contributed by atoms with Crippen LogP contribution in [0, 0.1) is 12.7 Å². The molecule has 94 valence electrons. The third-order valence-electron chi connectivity index (χ3n) is 2.45. The normalized spacial score (nSPS) is 10.2. The number of anilines is 3. The van der Waals surface area contributed by atoms with Crippen molar-refractivity contribution in [2.45, 2.75) is 13.8 Å². The van der Waals surface area contributed by atoms with Gasteiger partial charge >= 0.3 is 0 Å². The van der Waals surface area contributed by atoms with Crippen molar-refractivity contribution in [3.05, 3.63) is 41.8 Å². The van der Waals surface area contributed by atoms with Gasteiger partial charge in [-0.15, -0.1) is 0 Å². The Morgan fingerprint density at radius 1 is 1.28 bits per heavy atom. The molecule has 0 fully saturated rings. The van der Waals surface area contributed by atoms with Crippen molar-refractivity contribution in [3.8, 4) is 0 Å². The summed E-state index contributed by atoms with van der Waals surface area (Å²) in [5, 5.41) is 6.10. The van der Waals surface area contributed by atoms with Gasteiger partial charge in [-0.3, -0.25) is 0 Å². The van der Waals surface area contributed by atoms with E-state index < -0.39 is 0 Å². The van der Waals surface area contributed by atoms with Crippen LogP contribution >= 0.6 is 0 Å². The van der Waals surface area contributed by atoms with Gasteiger partial charge in [-0.25, -0.2) is 9.37 Å². The van der Waals surface area contributed by atoms with Gasteiger partial charge in [0.05, 0.1) is 0 Å². The van der Waals surface area contributed by atoms with Gasteiger partial charge in [0.25, 0.3) is 0 Å². The Morgan fingerprint density at radius 3 is 2.89 bits per heavy atom. The summed E-state index contributed by atoms with van der Waals surface area (Å²) >= 11 is 0. The zero-order valence-corrected chi connectivity index (χ0v) is 10.4. The molecule has 0 aliphatic carbocycles. The lowest BCUT2D eigenvalue weighted by Gasteiger charge is -2.09. The van der Waals surface area contributed by atoms with Crippen molar-refractivity contribution >= 4 is 17.5 Å². The van der Waals surface area contributed by atoms with E-state index in [1.165, 1.54) is 12.1 Å². The van der Waals surface area contributed by atoms with Gasteiger partial charge in [0.2, 0.25) is 5.95 Å². The highest BCUT2D eigenvalue weighted by Crippen LogP contribution is 2.20. The van der Waals surface area contributed by atoms with Crippen molar-refractivity contribution in [2.24, 2.45) is 0 Å². The molecule has 0 bridgehead atoms. The highest BCUT2D eigenvalue weighted by atomic mass is 19.1. The molecular formula is C13H15FN4. The number of aryl methyl sites for hydroxylation is 1. The Labute approximate surface area is 105 Å². The fourth-order valence-corrected chi connectivity index (χ4v) is 1.54. The van der Waals surface area contributed by atoms with Crippen LogP contribution in [0.3, 0.4) is 0 Å². The highest BCUT2D eigenvalue weighted by Gasteiger charge is 2.03. The van der Waals surface area contributed by atoms with Crippen LogP contribution in [0.15, 0.2) is 30.5 Å². The second-order valence-corrected chi connectivity index (χ2v) is 3.88. The molecular weight excluding hydrogens is 231 g/mol. The molecule has 4 nitrogen and oxygen atoms in total.